The van der Waals surface area contributed by atoms with E-state index in [1.807, 2.05) is 18.2 Å². The third-order valence-electron chi connectivity index (χ3n) is 2.95. The van der Waals surface area contributed by atoms with Crippen LogP contribution in [0.5, 0.6) is 0 Å². The Balaban J connectivity index is 1.82. The van der Waals surface area contributed by atoms with Crippen LogP contribution in [0.15, 0.2) is 42.6 Å². The highest BCUT2D eigenvalue weighted by Crippen LogP contribution is 2.22. The minimum atomic E-state index is -0.400. The van der Waals surface area contributed by atoms with Crippen LogP contribution in [-0.4, -0.2) is 10.2 Å². The Hall–Kier alpha value is -2.07. The number of anilines is 1. The Kier molecular flexibility index (Phi) is 3.09. The van der Waals surface area contributed by atoms with Gasteiger partial charge in [-0.25, -0.2) is 4.39 Å². The van der Waals surface area contributed by atoms with Gasteiger partial charge in [0, 0.05) is 17.6 Å². The third kappa shape index (κ3) is 2.39. The summed E-state index contributed by atoms with van der Waals surface area (Å²) in [6, 6.07) is 10.6. The van der Waals surface area contributed by atoms with Gasteiger partial charge < -0.3 is 5.32 Å². The molecule has 0 aliphatic carbocycles. The second-order valence-corrected chi connectivity index (χ2v) is 4.65. The van der Waals surface area contributed by atoms with Gasteiger partial charge in [-0.1, -0.05) is 23.7 Å². The molecular weight excluding hydrogens is 265 g/mol. The fourth-order valence-corrected chi connectivity index (χ4v) is 2.09. The van der Waals surface area contributed by atoms with Crippen LogP contribution in [0.2, 0.25) is 5.02 Å². The zero-order chi connectivity index (χ0) is 13.2. The summed E-state index contributed by atoms with van der Waals surface area (Å²) in [4.78, 5) is 0. The maximum absolute atomic E-state index is 13.3. The summed E-state index contributed by atoms with van der Waals surface area (Å²) in [6.45, 7) is 0.526. The lowest BCUT2D eigenvalue weighted by Crippen LogP contribution is -2.00. The summed E-state index contributed by atoms with van der Waals surface area (Å²) < 4.78 is 13.3. The fourth-order valence-electron chi connectivity index (χ4n) is 1.97. The summed E-state index contributed by atoms with van der Waals surface area (Å²) in [5.41, 5.74) is 2.76. The molecule has 0 atom stereocenters. The number of halogens is 2. The van der Waals surface area contributed by atoms with Gasteiger partial charge >= 0.3 is 0 Å². The highest BCUT2D eigenvalue weighted by atomic mass is 35.5. The molecule has 1 heterocycles. The standard InChI is InChI=1S/C14H11ClFN3/c15-11-5-4-9(6-12(11)16)7-17-13-2-1-3-14-10(13)8-18-19-14/h1-6,8,17H,7H2,(H,18,19). The quantitative estimate of drug-likeness (QED) is 0.759. The maximum Gasteiger partial charge on any atom is 0.142 e. The minimum absolute atomic E-state index is 0.140. The molecule has 96 valence electrons. The lowest BCUT2D eigenvalue weighted by molar-refractivity contribution is 0.626. The van der Waals surface area contributed by atoms with E-state index in [4.69, 9.17) is 11.6 Å². The smallest absolute Gasteiger partial charge is 0.142 e. The lowest BCUT2D eigenvalue weighted by atomic mass is 10.2. The first-order chi connectivity index (χ1) is 9.24. The lowest BCUT2D eigenvalue weighted by Gasteiger charge is -2.08. The topological polar surface area (TPSA) is 40.7 Å². The average molecular weight is 276 g/mol. The van der Waals surface area contributed by atoms with E-state index < -0.39 is 5.82 Å². The number of H-pyrrole nitrogens is 1. The molecule has 0 saturated heterocycles. The summed E-state index contributed by atoms with van der Waals surface area (Å²) in [5.74, 6) is -0.400. The molecule has 0 bridgehead atoms. The molecule has 3 nitrogen and oxygen atoms in total. The Morgan fingerprint density at radius 2 is 2.16 bits per heavy atom. The normalized spacial score (nSPS) is 10.8. The second-order valence-electron chi connectivity index (χ2n) is 4.24. The van der Waals surface area contributed by atoms with Crippen LogP contribution in [0.3, 0.4) is 0 Å². The molecule has 1 aromatic heterocycles. The van der Waals surface area contributed by atoms with E-state index in [-0.39, 0.29) is 5.02 Å². The number of aromatic nitrogens is 2. The molecule has 19 heavy (non-hydrogen) atoms. The van der Waals surface area contributed by atoms with Gasteiger partial charge in [0.25, 0.3) is 0 Å². The number of rotatable bonds is 3. The summed E-state index contributed by atoms with van der Waals surface area (Å²) in [6.07, 6.45) is 1.76. The highest BCUT2D eigenvalue weighted by Gasteiger charge is 2.04. The van der Waals surface area contributed by atoms with E-state index in [1.165, 1.54) is 6.07 Å². The number of hydrogen-bond donors (Lipinski definition) is 2. The highest BCUT2D eigenvalue weighted by molar-refractivity contribution is 6.30. The Morgan fingerprint density at radius 3 is 3.00 bits per heavy atom. The number of aromatic amines is 1. The molecule has 3 aromatic rings. The van der Waals surface area contributed by atoms with Crippen molar-refractivity contribution in [2.75, 3.05) is 5.32 Å². The van der Waals surface area contributed by atoms with Crippen molar-refractivity contribution in [1.29, 1.82) is 0 Å². The predicted octanol–water partition coefficient (Wildman–Crippen LogP) is 3.97. The van der Waals surface area contributed by atoms with Gasteiger partial charge in [-0.05, 0) is 29.8 Å². The van der Waals surface area contributed by atoms with Gasteiger partial charge in [0.05, 0.1) is 16.7 Å². The first-order valence-electron chi connectivity index (χ1n) is 5.84. The maximum atomic E-state index is 13.3. The number of hydrogen-bond acceptors (Lipinski definition) is 2. The van der Waals surface area contributed by atoms with Crippen molar-refractivity contribution in [3.05, 3.63) is 59.0 Å². The number of benzene rings is 2. The molecule has 2 N–H and O–H groups in total. The van der Waals surface area contributed by atoms with E-state index in [9.17, 15) is 4.39 Å². The van der Waals surface area contributed by atoms with Crippen LogP contribution in [0.4, 0.5) is 10.1 Å². The van der Waals surface area contributed by atoms with Crippen LogP contribution in [0.25, 0.3) is 10.9 Å². The Bertz CT molecular complexity index is 724. The molecule has 2 aromatic carbocycles. The van der Waals surface area contributed by atoms with Gasteiger partial charge in [-0.15, -0.1) is 0 Å². The summed E-state index contributed by atoms with van der Waals surface area (Å²) >= 11 is 5.65. The monoisotopic (exact) mass is 275 g/mol. The molecule has 0 saturated carbocycles. The van der Waals surface area contributed by atoms with E-state index >= 15 is 0 Å². The van der Waals surface area contributed by atoms with Crippen molar-refractivity contribution in [3.8, 4) is 0 Å². The predicted molar refractivity (Wildman–Crippen MR) is 74.8 cm³/mol. The van der Waals surface area contributed by atoms with Crippen molar-refractivity contribution in [1.82, 2.24) is 10.2 Å². The average Bonchev–Trinajstić information content (AvgIpc) is 2.89. The molecule has 0 aliphatic heterocycles. The van der Waals surface area contributed by atoms with E-state index in [2.05, 4.69) is 15.5 Å². The molecule has 0 fully saturated rings. The molecule has 5 heteroatoms. The van der Waals surface area contributed by atoms with Crippen molar-refractivity contribution in [3.63, 3.8) is 0 Å². The molecule has 0 aliphatic rings. The van der Waals surface area contributed by atoms with Gasteiger partial charge in [0.1, 0.15) is 5.82 Å². The Labute approximate surface area is 114 Å². The van der Waals surface area contributed by atoms with E-state index in [0.29, 0.717) is 6.54 Å². The third-order valence-corrected chi connectivity index (χ3v) is 3.26. The molecule has 0 amide bonds. The van der Waals surface area contributed by atoms with Crippen molar-refractivity contribution >= 4 is 28.2 Å². The summed E-state index contributed by atoms with van der Waals surface area (Å²) in [5, 5.41) is 11.3. The van der Waals surface area contributed by atoms with Crippen LogP contribution < -0.4 is 5.32 Å². The van der Waals surface area contributed by atoms with Crippen LogP contribution in [0.1, 0.15) is 5.56 Å². The molecule has 0 spiro atoms. The van der Waals surface area contributed by atoms with Gasteiger partial charge in [0.15, 0.2) is 0 Å². The molecule has 0 radical (unpaired) electrons. The van der Waals surface area contributed by atoms with Crippen molar-refractivity contribution in [2.45, 2.75) is 6.54 Å². The number of fused-ring (bicyclic) bond motifs is 1. The largest absolute Gasteiger partial charge is 0.380 e. The van der Waals surface area contributed by atoms with Crippen LogP contribution >= 0.6 is 11.6 Å². The first kappa shape index (κ1) is 12.0. The van der Waals surface area contributed by atoms with Gasteiger partial charge in [-0.3, -0.25) is 5.10 Å². The van der Waals surface area contributed by atoms with Crippen LogP contribution in [0, 0.1) is 5.82 Å². The molecule has 3 rings (SSSR count). The van der Waals surface area contributed by atoms with Gasteiger partial charge in [0.2, 0.25) is 0 Å². The molecule has 0 unspecified atom stereocenters. The number of nitrogens with one attached hydrogen (secondary N) is 2. The van der Waals surface area contributed by atoms with Crippen molar-refractivity contribution in [2.24, 2.45) is 0 Å². The number of nitrogens with zero attached hydrogens (tertiary/aromatic N) is 1. The minimum Gasteiger partial charge on any atom is -0.380 e. The summed E-state index contributed by atoms with van der Waals surface area (Å²) in [7, 11) is 0. The van der Waals surface area contributed by atoms with Gasteiger partial charge in [-0.2, -0.15) is 5.10 Å². The first-order valence-corrected chi connectivity index (χ1v) is 6.22. The zero-order valence-electron chi connectivity index (χ0n) is 9.95. The molecular formula is C14H11ClFN3. The second kappa shape index (κ2) is 4.90. The Morgan fingerprint density at radius 1 is 1.26 bits per heavy atom. The van der Waals surface area contributed by atoms with Crippen molar-refractivity contribution < 1.29 is 4.39 Å². The van der Waals surface area contributed by atoms with Crippen LogP contribution in [-0.2, 0) is 6.54 Å². The van der Waals surface area contributed by atoms with E-state index in [1.54, 1.807) is 18.3 Å². The zero-order valence-corrected chi connectivity index (χ0v) is 10.7. The fraction of sp³-hybridized carbons (Fsp3) is 0.0714. The SMILES string of the molecule is Fc1cc(CNc2cccc3[nH]ncc23)ccc1Cl. The van der Waals surface area contributed by atoms with E-state index in [0.717, 1.165) is 22.2 Å².